The summed E-state index contributed by atoms with van der Waals surface area (Å²) in [6, 6.07) is 5.93. The van der Waals surface area contributed by atoms with E-state index in [9.17, 15) is 14.0 Å². The van der Waals surface area contributed by atoms with E-state index in [1.807, 2.05) is 0 Å². The molecule has 1 unspecified atom stereocenters. The van der Waals surface area contributed by atoms with E-state index in [2.05, 4.69) is 5.10 Å². The molecule has 2 N–H and O–H groups in total. The van der Waals surface area contributed by atoms with Gasteiger partial charge >= 0.3 is 5.97 Å². The predicted octanol–water partition coefficient (Wildman–Crippen LogP) is 1.11. The van der Waals surface area contributed by atoms with Gasteiger partial charge in [0.2, 0.25) is 5.91 Å². The number of carbonyl (C=O) groups is 2. The minimum absolute atomic E-state index is 0.130. The summed E-state index contributed by atoms with van der Waals surface area (Å²) >= 11 is 0. The molecule has 1 amide bonds. The number of benzene rings is 1. The van der Waals surface area contributed by atoms with Gasteiger partial charge in [0.05, 0.1) is 6.61 Å². The van der Waals surface area contributed by atoms with Crippen LogP contribution in [0, 0.1) is 5.82 Å². The number of amides is 1. The molecule has 6 nitrogen and oxygen atoms in total. The second-order valence-corrected chi connectivity index (χ2v) is 4.61. The third-order valence-electron chi connectivity index (χ3n) is 3.24. The molecule has 0 aromatic heterocycles. The number of halogens is 1. The Balaban J connectivity index is 2.32. The number of nitrogens with zero attached hydrogens (tertiary/aromatic N) is 2. The zero-order chi connectivity index (χ0) is 15.5. The summed E-state index contributed by atoms with van der Waals surface area (Å²) in [7, 11) is 0. The van der Waals surface area contributed by atoms with Crippen molar-refractivity contribution in [1.82, 2.24) is 5.01 Å². The van der Waals surface area contributed by atoms with Gasteiger partial charge in [0.1, 0.15) is 17.7 Å². The molecule has 0 radical (unpaired) electrons. The Morgan fingerprint density at radius 2 is 2.29 bits per heavy atom. The Kier molecular flexibility index (Phi) is 4.32. The molecule has 21 heavy (non-hydrogen) atoms. The van der Waals surface area contributed by atoms with Crippen LogP contribution in [0.2, 0.25) is 0 Å². The SMILES string of the molecule is CCOC(=O)/C=N\N1C(=O)CCC1(N)c1ccccc1F. The van der Waals surface area contributed by atoms with Crippen molar-refractivity contribution in [3.8, 4) is 0 Å². The number of carbonyl (C=O) groups excluding carboxylic acids is 2. The first kappa shape index (κ1) is 15.1. The minimum Gasteiger partial charge on any atom is -0.462 e. The maximum atomic E-state index is 13.9. The first-order valence-corrected chi connectivity index (χ1v) is 6.56. The molecule has 0 bridgehead atoms. The van der Waals surface area contributed by atoms with Crippen LogP contribution in [0.15, 0.2) is 29.4 Å². The normalized spacial score (nSPS) is 22.0. The first-order valence-electron chi connectivity index (χ1n) is 6.56. The van der Waals surface area contributed by atoms with Crippen LogP contribution < -0.4 is 5.73 Å². The molecule has 0 aliphatic carbocycles. The van der Waals surface area contributed by atoms with Crippen LogP contribution in [0.25, 0.3) is 0 Å². The van der Waals surface area contributed by atoms with Crippen LogP contribution in [-0.2, 0) is 20.0 Å². The Hall–Kier alpha value is -2.28. The van der Waals surface area contributed by atoms with Crippen molar-refractivity contribution in [3.05, 3.63) is 35.6 Å². The van der Waals surface area contributed by atoms with Gasteiger partial charge in [-0.3, -0.25) is 4.79 Å². The molecule has 1 heterocycles. The van der Waals surface area contributed by atoms with E-state index in [4.69, 9.17) is 10.5 Å². The van der Waals surface area contributed by atoms with E-state index in [1.54, 1.807) is 13.0 Å². The van der Waals surface area contributed by atoms with Gasteiger partial charge in [-0.25, -0.2) is 14.2 Å². The van der Waals surface area contributed by atoms with E-state index in [-0.39, 0.29) is 30.9 Å². The molecule has 1 aromatic carbocycles. The lowest BCUT2D eigenvalue weighted by atomic mass is 9.98. The highest BCUT2D eigenvalue weighted by atomic mass is 19.1. The van der Waals surface area contributed by atoms with Gasteiger partial charge < -0.3 is 10.5 Å². The average molecular weight is 293 g/mol. The summed E-state index contributed by atoms with van der Waals surface area (Å²) in [5, 5.41) is 4.73. The fourth-order valence-electron chi connectivity index (χ4n) is 2.24. The van der Waals surface area contributed by atoms with Crippen molar-refractivity contribution in [2.45, 2.75) is 25.4 Å². The first-order chi connectivity index (χ1) is 9.99. The minimum atomic E-state index is -1.40. The van der Waals surface area contributed by atoms with Crippen LogP contribution >= 0.6 is 0 Å². The van der Waals surface area contributed by atoms with Crippen LogP contribution in [-0.4, -0.2) is 29.7 Å². The van der Waals surface area contributed by atoms with Gasteiger partial charge in [0, 0.05) is 12.0 Å². The van der Waals surface area contributed by atoms with Crippen molar-refractivity contribution in [3.63, 3.8) is 0 Å². The van der Waals surface area contributed by atoms with E-state index < -0.39 is 17.4 Å². The second kappa shape index (κ2) is 6.01. The molecular weight excluding hydrogens is 277 g/mol. The smallest absolute Gasteiger partial charge is 0.351 e. The van der Waals surface area contributed by atoms with Crippen LogP contribution in [0.3, 0.4) is 0 Å². The molecule has 1 atom stereocenters. The Morgan fingerprint density at radius 3 is 2.95 bits per heavy atom. The number of hydrogen-bond acceptors (Lipinski definition) is 5. The quantitative estimate of drug-likeness (QED) is 0.665. The standard InChI is InChI=1S/C14H16FN3O3/c1-2-21-13(20)9-17-18-12(19)7-8-14(18,16)10-5-3-4-6-11(10)15/h3-6,9H,2,7-8,16H2,1H3/b17-9-. The van der Waals surface area contributed by atoms with Gasteiger partial charge in [-0.2, -0.15) is 5.10 Å². The summed E-state index contributed by atoms with van der Waals surface area (Å²) in [5.41, 5.74) is 4.94. The zero-order valence-electron chi connectivity index (χ0n) is 11.6. The van der Waals surface area contributed by atoms with Gasteiger partial charge in [-0.05, 0) is 19.4 Å². The van der Waals surface area contributed by atoms with Crippen molar-refractivity contribution >= 4 is 18.1 Å². The van der Waals surface area contributed by atoms with Gasteiger partial charge in [-0.15, -0.1) is 0 Å². The zero-order valence-corrected chi connectivity index (χ0v) is 11.6. The molecule has 112 valence electrons. The van der Waals surface area contributed by atoms with Crippen molar-refractivity contribution in [1.29, 1.82) is 0 Å². The Labute approximate surface area is 121 Å². The van der Waals surface area contributed by atoms with Crippen LogP contribution in [0.5, 0.6) is 0 Å². The molecule has 1 saturated heterocycles. The largest absolute Gasteiger partial charge is 0.462 e. The number of rotatable bonds is 4. The summed E-state index contributed by atoms with van der Waals surface area (Å²) in [4.78, 5) is 23.2. The van der Waals surface area contributed by atoms with Crippen LogP contribution in [0.4, 0.5) is 4.39 Å². The molecule has 7 heteroatoms. The average Bonchev–Trinajstić information content (AvgIpc) is 2.74. The summed E-state index contributed by atoms with van der Waals surface area (Å²) in [5.74, 6) is -1.58. The van der Waals surface area contributed by atoms with Crippen molar-refractivity contribution < 1.29 is 18.7 Å². The van der Waals surface area contributed by atoms with Gasteiger partial charge in [0.15, 0.2) is 0 Å². The maximum Gasteiger partial charge on any atom is 0.351 e. The highest BCUT2D eigenvalue weighted by molar-refractivity contribution is 6.23. The van der Waals surface area contributed by atoms with E-state index in [0.29, 0.717) is 0 Å². The highest BCUT2D eigenvalue weighted by Gasteiger charge is 2.45. The maximum absolute atomic E-state index is 13.9. The molecule has 1 aliphatic rings. The fraction of sp³-hybridized carbons (Fsp3) is 0.357. The number of hydrazone groups is 1. The predicted molar refractivity (Wildman–Crippen MR) is 73.5 cm³/mol. The lowest BCUT2D eigenvalue weighted by Crippen LogP contribution is -2.48. The fourth-order valence-corrected chi connectivity index (χ4v) is 2.24. The van der Waals surface area contributed by atoms with E-state index in [1.165, 1.54) is 18.2 Å². The summed E-state index contributed by atoms with van der Waals surface area (Å²) in [6.07, 6.45) is 1.22. The van der Waals surface area contributed by atoms with Crippen molar-refractivity contribution in [2.24, 2.45) is 10.8 Å². The Morgan fingerprint density at radius 1 is 1.57 bits per heavy atom. The van der Waals surface area contributed by atoms with Gasteiger partial charge in [-0.1, -0.05) is 18.2 Å². The number of nitrogens with two attached hydrogens (primary N) is 1. The lowest BCUT2D eigenvalue weighted by molar-refractivity contribution is -0.134. The molecule has 0 saturated carbocycles. The monoisotopic (exact) mass is 293 g/mol. The molecule has 0 spiro atoms. The van der Waals surface area contributed by atoms with E-state index in [0.717, 1.165) is 11.2 Å². The highest BCUT2D eigenvalue weighted by Crippen LogP contribution is 2.36. The second-order valence-electron chi connectivity index (χ2n) is 4.61. The topological polar surface area (TPSA) is 85.0 Å². The molecule has 2 rings (SSSR count). The molecule has 1 aromatic rings. The third-order valence-corrected chi connectivity index (χ3v) is 3.24. The van der Waals surface area contributed by atoms with Crippen molar-refractivity contribution in [2.75, 3.05) is 6.61 Å². The van der Waals surface area contributed by atoms with Crippen LogP contribution in [0.1, 0.15) is 25.3 Å². The molecule has 1 fully saturated rings. The number of hydrogen-bond donors (Lipinski definition) is 1. The molecule has 1 aliphatic heterocycles. The third kappa shape index (κ3) is 2.92. The summed E-state index contributed by atoms with van der Waals surface area (Å²) < 4.78 is 18.6. The number of esters is 1. The number of ether oxygens (including phenoxy) is 1. The van der Waals surface area contributed by atoms with Gasteiger partial charge in [0.25, 0.3) is 0 Å². The van der Waals surface area contributed by atoms with E-state index >= 15 is 0 Å². The summed E-state index contributed by atoms with van der Waals surface area (Å²) in [6.45, 7) is 1.85. The molecular formula is C14H16FN3O3. The Bertz CT molecular complexity index is 591. The lowest BCUT2D eigenvalue weighted by Gasteiger charge is -2.31.